The van der Waals surface area contributed by atoms with Gasteiger partial charge in [-0.3, -0.25) is 0 Å². The molecule has 3 aromatic rings. The van der Waals surface area contributed by atoms with Crippen molar-refractivity contribution in [1.29, 1.82) is 5.26 Å². The second-order valence-electron chi connectivity index (χ2n) is 6.74. The van der Waals surface area contributed by atoms with Crippen LogP contribution in [-0.2, 0) is 4.74 Å². The number of hydrogen-bond donors (Lipinski definition) is 1. The Balaban J connectivity index is 1.72. The Morgan fingerprint density at radius 1 is 1.06 bits per heavy atom. The van der Waals surface area contributed by atoms with Gasteiger partial charge in [0.2, 0.25) is 5.95 Å². The van der Waals surface area contributed by atoms with E-state index < -0.39 is 0 Å². The van der Waals surface area contributed by atoms with Gasteiger partial charge in [-0.15, -0.1) is 0 Å². The Labute approximate surface area is 189 Å². The molecule has 1 aromatic heterocycles. The van der Waals surface area contributed by atoms with Gasteiger partial charge in [-0.25, -0.2) is 10.4 Å². The summed E-state index contributed by atoms with van der Waals surface area (Å²) in [4.78, 5) is 11.2. The standard InChI is InChI=1S/C22H18Cl2N6O/c23-17-6-4-16(5-7-17)20-19(13-25)21(30-8-10-31-11-9-30)28-22(27-20)29-26-14-15-2-1-3-18(24)12-15/h1-7,12,14H,8-11H2,(H,27,28,29). The summed E-state index contributed by atoms with van der Waals surface area (Å²) in [5.74, 6) is 0.829. The van der Waals surface area contributed by atoms with E-state index >= 15 is 0 Å². The number of morpholine rings is 1. The summed E-state index contributed by atoms with van der Waals surface area (Å²) in [7, 11) is 0. The number of nitrogens with zero attached hydrogens (tertiary/aromatic N) is 5. The number of anilines is 2. The number of aromatic nitrogens is 2. The molecule has 2 heterocycles. The number of halogens is 2. The monoisotopic (exact) mass is 452 g/mol. The van der Waals surface area contributed by atoms with E-state index in [4.69, 9.17) is 27.9 Å². The number of nitriles is 1. The van der Waals surface area contributed by atoms with Gasteiger partial charge in [-0.2, -0.15) is 15.3 Å². The minimum atomic E-state index is 0.281. The van der Waals surface area contributed by atoms with Crippen LogP contribution in [0.5, 0.6) is 0 Å². The highest BCUT2D eigenvalue weighted by molar-refractivity contribution is 6.31. The topological polar surface area (TPSA) is 86.4 Å². The summed E-state index contributed by atoms with van der Waals surface area (Å²) in [6.07, 6.45) is 1.63. The molecule has 1 aliphatic rings. The van der Waals surface area contributed by atoms with Crippen molar-refractivity contribution in [3.63, 3.8) is 0 Å². The first-order valence-electron chi connectivity index (χ1n) is 9.59. The van der Waals surface area contributed by atoms with E-state index in [0.717, 1.165) is 11.1 Å². The fourth-order valence-corrected chi connectivity index (χ4v) is 3.50. The Morgan fingerprint density at radius 3 is 2.55 bits per heavy atom. The van der Waals surface area contributed by atoms with Crippen LogP contribution in [0.4, 0.5) is 11.8 Å². The molecule has 9 heteroatoms. The molecule has 0 radical (unpaired) electrons. The maximum absolute atomic E-state index is 9.91. The normalized spacial score (nSPS) is 13.9. The van der Waals surface area contributed by atoms with Crippen LogP contribution in [0.1, 0.15) is 11.1 Å². The van der Waals surface area contributed by atoms with Crippen molar-refractivity contribution in [3.05, 3.63) is 69.7 Å². The van der Waals surface area contributed by atoms with Gasteiger partial charge in [0.25, 0.3) is 0 Å². The predicted molar refractivity (Wildman–Crippen MR) is 123 cm³/mol. The van der Waals surface area contributed by atoms with Crippen LogP contribution in [0.3, 0.4) is 0 Å². The van der Waals surface area contributed by atoms with Crippen molar-refractivity contribution >= 4 is 41.2 Å². The molecule has 0 aliphatic carbocycles. The lowest BCUT2D eigenvalue weighted by Gasteiger charge is -2.29. The lowest BCUT2D eigenvalue weighted by atomic mass is 10.1. The van der Waals surface area contributed by atoms with E-state index in [9.17, 15) is 5.26 Å². The zero-order valence-electron chi connectivity index (χ0n) is 16.4. The second kappa shape index (κ2) is 9.75. The molecule has 0 bridgehead atoms. The summed E-state index contributed by atoms with van der Waals surface area (Å²) < 4.78 is 5.44. The highest BCUT2D eigenvalue weighted by atomic mass is 35.5. The third-order valence-electron chi connectivity index (χ3n) is 4.66. The van der Waals surface area contributed by atoms with Gasteiger partial charge in [0.15, 0.2) is 5.82 Å². The Hall–Kier alpha value is -3.18. The van der Waals surface area contributed by atoms with Crippen LogP contribution >= 0.6 is 23.2 Å². The zero-order chi connectivity index (χ0) is 21.6. The summed E-state index contributed by atoms with van der Waals surface area (Å²) in [6, 6.07) is 16.8. The molecule has 1 saturated heterocycles. The number of rotatable bonds is 5. The van der Waals surface area contributed by atoms with E-state index in [1.807, 2.05) is 29.2 Å². The fourth-order valence-electron chi connectivity index (χ4n) is 3.17. The number of hydrogen-bond acceptors (Lipinski definition) is 7. The van der Waals surface area contributed by atoms with Gasteiger partial charge in [-0.05, 0) is 29.8 Å². The average Bonchev–Trinajstić information content (AvgIpc) is 2.80. The van der Waals surface area contributed by atoms with Crippen molar-refractivity contribution in [1.82, 2.24) is 9.97 Å². The smallest absolute Gasteiger partial charge is 0.246 e. The molecule has 2 aromatic carbocycles. The van der Waals surface area contributed by atoms with E-state index in [1.165, 1.54) is 0 Å². The molecule has 0 saturated carbocycles. The lowest BCUT2D eigenvalue weighted by molar-refractivity contribution is 0.122. The molecule has 0 amide bonds. The van der Waals surface area contributed by atoms with Crippen molar-refractivity contribution in [2.24, 2.45) is 5.10 Å². The largest absolute Gasteiger partial charge is 0.378 e. The zero-order valence-corrected chi connectivity index (χ0v) is 17.9. The molecule has 1 N–H and O–H groups in total. The third-order valence-corrected chi connectivity index (χ3v) is 5.14. The highest BCUT2D eigenvalue weighted by Gasteiger charge is 2.22. The Morgan fingerprint density at radius 2 is 1.84 bits per heavy atom. The number of benzene rings is 2. The fraction of sp³-hybridized carbons (Fsp3) is 0.182. The minimum Gasteiger partial charge on any atom is -0.378 e. The van der Waals surface area contributed by atoms with Crippen molar-refractivity contribution in [2.45, 2.75) is 0 Å². The molecule has 4 rings (SSSR count). The van der Waals surface area contributed by atoms with Gasteiger partial charge in [0.1, 0.15) is 11.6 Å². The predicted octanol–water partition coefficient (Wildman–Crippen LogP) is 4.60. The average molecular weight is 453 g/mol. The van der Waals surface area contributed by atoms with Gasteiger partial charge in [-0.1, -0.05) is 47.5 Å². The van der Waals surface area contributed by atoms with Crippen LogP contribution in [0.2, 0.25) is 10.0 Å². The molecular weight excluding hydrogens is 435 g/mol. The van der Waals surface area contributed by atoms with Crippen molar-refractivity contribution in [2.75, 3.05) is 36.6 Å². The molecule has 31 heavy (non-hydrogen) atoms. The van der Waals surface area contributed by atoms with Gasteiger partial charge in [0.05, 0.1) is 25.1 Å². The molecular formula is C22H18Cl2N6O. The van der Waals surface area contributed by atoms with Crippen LogP contribution < -0.4 is 10.3 Å². The Kier molecular flexibility index (Phi) is 6.63. The SMILES string of the molecule is N#Cc1c(-c2ccc(Cl)cc2)nc(NN=Cc2cccc(Cl)c2)nc1N1CCOCC1. The Bertz CT molecular complexity index is 1140. The highest BCUT2D eigenvalue weighted by Crippen LogP contribution is 2.30. The minimum absolute atomic E-state index is 0.281. The number of hydrazone groups is 1. The molecule has 156 valence electrons. The molecule has 0 unspecified atom stereocenters. The maximum Gasteiger partial charge on any atom is 0.246 e. The second-order valence-corrected chi connectivity index (χ2v) is 7.61. The summed E-state index contributed by atoms with van der Waals surface area (Å²) in [5.41, 5.74) is 5.38. The van der Waals surface area contributed by atoms with Gasteiger partial charge in [0, 0.05) is 28.7 Å². The van der Waals surface area contributed by atoms with Crippen molar-refractivity contribution in [3.8, 4) is 17.3 Å². The first-order chi connectivity index (χ1) is 15.1. The van der Waals surface area contributed by atoms with Crippen LogP contribution in [0.15, 0.2) is 53.6 Å². The van der Waals surface area contributed by atoms with Crippen LogP contribution in [0, 0.1) is 11.3 Å². The quantitative estimate of drug-likeness (QED) is 0.449. The first-order valence-corrected chi connectivity index (χ1v) is 10.3. The lowest BCUT2D eigenvalue weighted by Crippen LogP contribution is -2.37. The van der Waals surface area contributed by atoms with Crippen LogP contribution in [-0.4, -0.2) is 42.5 Å². The van der Waals surface area contributed by atoms with Crippen molar-refractivity contribution < 1.29 is 4.74 Å². The summed E-state index contributed by atoms with van der Waals surface area (Å²) >= 11 is 12.1. The first kappa shape index (κ1) is 21.1. The van der Waals surface area contributed by atoms with Crippen LogP contribution in [0.25, 0.3) is 11.3 Å². The van der Waals surface area contributed by atoms with E-state index in [0.29, 0.717) is 53.4 Å². The summed E-state index contributed by atoms with van der Waals surface area (Å²) in [5, 5.41) is 15.4. The third kappa shape index (κ3) is 5.12. The van der Waals surface area contributed by atoms with E-state index in [1.54, 1.807) is 30.5 Å². The number of nitrogens with one attached hydrogen (secondary N) is 1. The molecule has 1 aliphatic heterocycles. The molecule has 0 atom stereocenters. The molecule has 0 spiro atoms. The molecule has 1 fully saturated rings. The van der Waals surface area contributed by atoms with Gasteiger partial charge < -0.3 is 9.64 Å². The number of ether oxygens (including phenoxy) is 1. The van der Waals surface area contributed by atoms with E-state index in [2.05, 4.69) is 26.6 Å². The molecule has 7 nitrogen and oxygen atoms in total. The summed E-state index contributed by atoms with van der Waals surface area (Å²) in [6.45, 7) is 2.41. The van der Waals surface area contributed by atoms with Gasteiger partial charge >= 0.3 is 0 Å². The maximum atomic E-state index is 9.91. The van der Waals surface area contributed by atoms with E-state index in [-0.39, 0.29) is 5.95 Å².